The van der Waals surface area contributed by atoms with E-state index in [-0.39, 0.29) is 22.2 Å². The molecule has 0 spiro atoms. The van der Waals surface area contributed by atoms with Crippen LogP contribution < -0.4 is 0 Å². The minimum atomic E-state index is -0.0143. The molecule has 0 unspecified atom stereocenters. The van der Waals surface area contributed by atoms with Crippen molar-refractivity contribution in [3.8, 4) is 12.1 Å². The molecule has 90 valence electrons. The van der Waals surface area contributed by atoms with E-state index in [0.717, 1.165) is 24.2 Å². The van der Waals surface area contributed by atoms with Gasteiger partial charge in [0.2, 0.25) is 0 Å². The summed E-state index contributed by atoms with van der Waals surface area (Å²) in [6.45, 7) is 6.69. The summed E-state index contributed by atoms with van der Waals surface area (Å²) in [5.74, 6) is 0.366. The monoisotopic (exact) mass is 238 g/mol. The molecule has 2 aliphatic rings. The summed E-state index contributed by atoms with van der Waals surface area (Å²) in [7, 11) is 0. The molecule has 3 rings (SSSR count). The fraction of sp³-hybridized carbons (Fsp3) is 0.571. The van der Waals surface area contributed by atoms with E-state index in [4.69, 9.17) is 10.5 Å². The maximum atomic E-state index is 9.06. The van der Waals surface area contributed by atoms with Crippen molar-refractivity contribution in [2.75, 3.05) is 0 Å². The van der Waals surface area contributed by atoms with Crippen LogP contribution in [0.1, 0.15) is 62.3 Å². The second-order valence-electron chi connectivity index (χ2n) is 6.02. The van der Waals surface area contributed by atoms with E-state index < -0.39 is 0 Å². The van der Waals surface area contributed by atoms with E-state index in [2.05, 4.69) is 30.7 Å². The Kier molecular flexibility index (Phi) is 1.91. The highest BCUT2D eigenvalue weighted by molar-refractivity contribution is 5.46. The zero-order valence-electron chi connectivity index (χ0n) is 10.8. The summed E-state index contributed by atoms with van der Waals surface area (Å²) < 4.78 is 0. The quantitative estimate of drug-likeness (QED) is 0.695. The second-order valence-corrected chi connectivity index (χ2v) is 6.02. The Balaban J connectivity index is 2.32. The predicted molar refractivity (Wildman–Crippen MR) is 64.6 cm³/mol. The first-order valence-corrected chi connectivity index (χ1v) is 6.18. The lowest BCUT2D eigenvalue weighted by molar-refractivity contribution is 0.227. The van der Waals surface area contributed by atoms with Crippen LogP contribution in [0.4, 0.5) is 0 Å². The Morgan fingerprint density at radius 1 is 1.11 bits per heavy atom. The van der Waals surface area contributed by atoms with E-state index in [9.17, 15) is 0 Å². The predicted octanol–water partition coefficient (Wildman–Crippen LogP) is 2.39. The lowest BCUT2D eigenvalue weighted by Crippen LogP contribution is -2.32. The van der Waals surface area contributed by atoms with Gasteiger partial charge in [0.15, 0.2) is 11.4 Å². The SMILES string of the molecule is CC1(C)[C@H]2CC[C@]1(C)c1nc(C#N)c(C#N)nc12. The summed E-state index contributed by atoms with van der Waals surface area (Å²) in [4.78, 5) is 8.87. The highest BCUT2D eigenvalue weighted by Gasteiger charge is 2.61. The smallest absolute Gasteiger partial charge is 0.177 e. The Bertz CT molecular complexity index is 632. The van der Waals surface area contributed by atoms with Crippen molar-refractivity contribution in [2.24, 2.45) is 5.41 Å². The Labute approximate surface area is 106 Å². The molecule has 1 heterocycles. The van der Waals surface area contributed by atoms with Crippen molar-refractivity contribution in [1.82, 2.24) is 9.97 Å². The molecule has 0 N–H and O–H groups in total. The molecular formula is C14H14N4. The van der Waals surface area contributed by atoms with Gasteiger partial charge in [-0.15, -0.1) is 0 Å². The van der Waals surface area contributed by atoms with Crippen molar-refractivity contribution in [2.45, 2.75) is 44.9 Å². The van der Waals surface area contributed by atoms with Crippen molar-refractivity contribution < 1.29 is 0 Å². The van der Waals surface area contributed by atoms with Crippen LogP contribution in [0.25, 0.3) is 0 Å². The van der Waals surface area contributed by atoms with E-state index in [1.54, 1.807) is 0 Å². The number of nitriles is 2. The molecule has 4 nitrogen and oxygen atoms in total. The molecule has 4 heteroatoms. The zero-order chi connectivity index (χ0) is 13.1. The van der Waals surface area contributed by atoms with Crippen LogP contribution >= 0.6 is 0 Å². The highest BCUT2D eigenvalue weighted by atomic mass is 14.9. The number of nitrogens with zero attached hydrogens (tertiary/aromatic N) is 4. The minimum Gasteiger partial charge on any atom is -0.237 e. The highest BCUT2D eigenvalue weighted by Crippen LogP contribution is 2.66. The first-order chi connectivity index (χ1) is 8.45. The van der Waals surface area contributed by atoms with E-state index in [1.807, 2.05) is 12.1 Å². The molecule has 0 amide bonds. The van der Waals surface area contributed by atoms with Gasteiger partial charge >= 0.3 is 0 Å². The van der Waals surface area contributed by atoms with Gasteiger partial charge in [0.1, 0.15) is 12.1 Å². The number of rotatable bonds is 0. The molecule has 2 aliphatic carbocycles. The van der Waals surface area contributed by atoms with Gasteiger partial charge in [-0.1, -0.05) is 20.8 Å². The third kappa shape index (κ3) is 0.996. The maximum Gasteiger partial charge on any atom is 0.177 e. The lowest BCUT2D eigenvalue weighted by Gasteiger charge is -2.34. The van der Waals surface area contributed by atoms with E-state index in [0.29, 0.717) is 5.92 Å². The molecule has 0 aliphatic heterocycles. The Morgan fingerprint density at radius 2 is 1.72 bits per heavy atom. The number of hydrogen-bond acceptors (Lipinski definition) is 4. The van der Waals surface area contributed by atoms with Crippen LogP contribution in [0.2, 0.25) is 0 Å². The molecule has 1 aromatic heterocycles. The number of hydrogen-bond donors (Lipinski definition) is 0. The molecule has 1 saturated carbocycles. The van der Waals surface area contributed by atoms with Gasteiger partial charge in [-0.25, -0.2) is 9.97 Å². The number of aromatic nitrogens is 2. The fourth-order valence-electron chi connectivity index (χ4n) is 3.66. The third-order valence-electron chi connectivity index (χ3n) is 5.21. The number of fused-ring (bicyclic) bond motifs is 5. The average molecular weight is 238 g/mol. The summed E-state index contributed by atoms with van der Waals surface area (Å²) >= 11 is 0. The molecule has 18 heavy (non-hydrogen) atoms. The average Bonchev–Trinajstić information content (AvgIpc) is 2.68. The molecule has 0 aromatic carbocycles. The first-order valence-electron chi connectivity index (χ1n) is 6.18. The first kappa shape index (κ1) is 11.2. The third-order valence-corrected chi connectivity index (χ3v) is 5.21. The minimum absolute atomic E-state index is 0.0143. The molecular weight excluding hydrogens is 224 g/mol. The van der Waals surface area contributed by atoms with Crippen LogP contribution in [-0.2, 0) is 5.41 Å². The van der Waals surface area contributed by atoms with Gasteiger partial charge < -0.3 is 0 Å². The second kappa shape index (κ2) is 3.09. The molecule has 0 radical (unpaired) electrons. The van der Waals surface area contributed by atoms with Gasteiger partial charge in [0.05, 0.1) is 11.4 Å². The fourth-order valence-corrected chi connectivity index (χ4v) is 3.66. The van der Waals surface area contributed by atoms with Gasteiger partial charge in [0.25, 0.3) is 0 Å². The Morgan fingerprint density at radius 3 is 2.33 bits per heavy atom. The van der Waals surface area contributed by atoms with Gasteiger partial charge in [0, 0.05) is 11.3 Å². The topological polar surface area (TPSA) is 73.4 Å². The molecule has 2 atom stereocenters. The maximum absolute atomic E-state index is 9.06. The van der Waals surface area contributed by atoms with Crippen LogP contribution in [0.3, 0.4) is 0 Å². The van der Waals surface area contributed by atoms with Crippen molar-refractivity contribution in [1.29, 1.82) is 10.5 Å². The van der Waals surface area contributed by atoms with Crippen LogP contribution in [0, 0.1) is 28.1 Å². The molecule has 1 aromatic rings. The van der Waals surface area contributed by atoms with Crippen molar-refractivity contribution >= 4 is 0 Å². The van der Waals surface area contributed by atoms with Crippen LogP contribution in [0.5, 0.6) is 0 Å². The lowest BCUT2D eigenvalue weighted by atomic mass is 9.70. The van der Waals surface area contributed by atoms with Crippen molar-refractivity contribution in [3.63, 3.8) is 0 Å². The molecule has 2 bridgehead atoms. The van der Waals surface area contributed by atoms with Crippen molar-refractivity contribution in [3.05, 3.63) is 22.8 Å². The molecule has 1 fully saturated rings. The molecule has 0 saturated heterocycles. The zero-order valence-corrected chi connectivity index (χ0v) is 10.8. The van der Waals surface area contributed by atoms with Crippen LogP contribution in [0.15, 0.2) is 0 Å². The van der Waals surface area contributed by atoms with Gasteiger partial charge in [-0.2, -0.15) is 10.5 Å². The van der Waals surface area contributed by atoms with E-state index in [1.165, 1.54) is 0 Å². The van der Waals surface area contributed by atoms with Gasteiger partial charge in [-0.3, -0.25) is 0 Å². The van der Waals surface area contributed by atoms with Crippen LogP contribution in [-0.4, -0.2) is 9.97 Å². The summed E-state index contributed by atoms with van der Waals surface area (Å²) in [6.07, 6.45) is 2.19. The summed E-state index contributed by atoms with van der Waals surface area (Å²) in [5.41, 5.74) is 2.32. The summed E-state index contributed by atoms with van der Waals surface area (Å²) in [5, 5.41) is 18.1. The van der Waals surface area contributed by atoms with Gasteiger partial charge in [-0.05, 0) is 18.3 Å². The standard InChI is InChI=1S/C14H14N4/c1-13(2)8-4-5-14(13,3)12-11(8)17-9(6-15)10(7-16)18-12/h8H,4-5H2,1-3H3/t8-,14+/m0/s1. The Hall–Kier alpha value is -1.94. The normalized spacial score (nSPS) is 30.6. The summed E-state index contributed by atoms with van der Waals surface area (Å²) in [6, 6.07) is 3.96. The largest absolute Gasteiger partial charge is 0.237 e. The van der Waals surface area contributed by atoms with E-state index >= 15 is 0 Å².